The second-order valence-electron chi connectivity index (χ2n) is 7.61. The highest BCUT2D eigenvalue weighted by atomic mass is 16.4. The molecule has 0 fully saturated rings. The minimum Gasteiger partial charge on any atom is -0.478 e. The number of hydrogen-bond donors (Lipinski definition) is 1. The van der Waals surface area contributed by atoms with Crippen molar-refractivity contribution in [2.75, 3.05) is 0 Å². The van der Waals surface area contributed by atoms with Crippen LogP contribution in [0, 0.1) is 6.92 Å². The van der Waals surface area contributed by atoms with Gasteiger partial charge in [0.15, 0.2) is 0 Å². The third-order valence-corrected chi connectivity index (χ3v) is 5.33. The molecule has 0 saturated carbocycles. The number of aromatic nitrogens is 2. The first-order valence-electron chi connectivity index (χ1n) is 10.8. The number of pyridine rings is 2. The summed E-state index contributed by atoms with van der Waals surface area (Å²) in [6.07, 6.45) is 10.6. The van der Waals surface area contributed by atoms with Crippen molar-refractivity contribution in [2.24, 2.45) is 0 Å². The molecule has 2 aromatic carbocycles. The van der Waals surface area contributed by atoms with Gasteiger partial charge in [0.1, 0.15) is 0 Å². The number of carbonyl (C=O) groups is 1. The zero-order valence-corrected chi connectivity index (χ0v) is 18.3. The molecule has 4 aromatic rings. The largest absolute Gasteiger partial charge is 0.478 e. The molecule has 0 aliphatic carbocycles. The molecular formula is C28H28N2O2. The highest BCUT2D eigenvalue weighted by Gasteiger charge is 2.09. The summed E-state index contributed by atoms with van der Waals surface area (Å²) in [4.78, 5) is 19.1. The number of benzene rings is 2. The van der Waals surface area contributed by atoms with E-state index < -0.39 is 5.97 Å². The highest BCUT2D eigenvalue weighted by molar-refractivity contribution is 5.89. The summed E-state index contributed by atoms with van der Waals surface area (Å²) in [5.74, 6) is -0.893. The minimum atomic E-state index is -0.893. The van der Waals surface area contributed by atoms with E-state index in [4.69, 9.17) is 5.11 Å². The minimum absolute atomic E-state index is 0.343. The van der Waals surface area contributed by atoms with Crippen molar-refractivity contribution in [3.05, 3.63) is 131 Å². The van der Waals surface area contributed by atoms with Crippen molar-refractivity contribution >= 4 is 5.97 Å². The molecule has 4 rings (SSSR count). The Kier molecular flexibility index (Phi) is 8.70. The maximum atomic E-state index is 11.0. The highest BCUT2D eigenvalue weighted by Crippen LogP contribution is 2.12. The van der Waals surface area contributed by atoms with E-state index >= 15 is 0 Å². The average molecular weight is 425 g/mol. The van der Waals surface area contributed by atoms with Crippen LogP contribution in [0.5, 0.6) is 0 Å². The van der Waals surface area contributed by atoms with E-state index in [2.05, 4.69) is 53.3 Å². The molecule has 4 heteroatoms. The first kappa shape index (κ1) is 22.9. The number of nitrogens with zero attached hydrogens (tertiary/aromatic N) is 2. The summed E-state index contributed by atoms with van der Waals surface area (Å²) in [7, 11) is 0. The molecule has 2 heterocycles. The number of hydrogen-bond acceptors (Lipinski definition) is 3. The summed E-state index contributed by atoms with van der Waals surface area (Å²) in [6.45, 7) is 2.14. The number of aryl methyl sites for hydroxylation is 5. The summed E-state index contributed by atoms with van der Waals surface area (Å²) >= 11 is 0. The van der Waals surface area contributed by atoms with Gasteiger partial charge in [-0.3, -0.25) is 9.97 Å². The standard InChI is InChI=1S/C14H13NO2.C14H15N/c16-14(17)13-8-9-15-10-12(13)7-6-11-4-2-1-3-5-11;1-12-9-10-15-11-14(12)8-7-13-5-3-2-4-6-13/h1-5,8-10H,6-7H2,(H,16,17);2-6,9-11H,7-8H2,1H3. The van der Waals surface area contributed by atoms with Crippen LogP contribution in [0.1, 0.15) is 38.2 Å². The van der Waals surface area contributed by atoms with Gasteiger partial charge < -0.3 is 5.11 Å². The van der Waals surface area contributed by atoms with Gasteiger partial charge in [0.05, 0.1) is 5.56 Å². The van der Waals surface area contributed by atoms with Crippen molar-refractivity contribution in [3.8, 4) is 0 Å². The van der Waals surface area contributed by atoms with Gasteiger partial charge in [-0.1, -0.05) is 60.7 Å². The van der Waals surface area contributed by atoms with Gasteiger partial charge in [-0.15, -0.1) is 0 Å². The Morgan fingerprint density at radius 1 is 0.688 bits per heavy atom. The molecule has 0 aliphatic rings. The Bertz CT molecular complexity index is 1110. The van der Waals surface area contributed by atoms with Gasteiger partial charge in [0.2, 0.25) is 0 Å². The fourth-order valence-electron chi connectivity index (χ4n) is 3.44. The second-order valence-corrected chi connectivity index (χ2v) is 7.61. The molecule has 32 heavy (non-hydrogen) atoms. The number of carboxylic acids is 1. The van der Waals surface area contributed by atoms with Crippen LogP contribution in [0.25, 0.3) is 0 Å². The van der Waals surface area contributed by atoms with E-state index in [1.165, 1.54) is 28.5 Å². The molecule has 0 atom stereocenters. The van der Waals surface area contributed by atoms with Crippen LogP contribution < -0.4 is 0 Å². The summed E-state index contributed by atoms with van der Waals surface area (Å²) in [6, 6.07) is 24.2. The molecule has 2 aromatic heterocycles. The molecule has 162 valence electrons. The first-order chi connectivity index (χ1) is 15.6. The lowest BCUT2D eigenvalue weighted by atomic mass is 10.0. The van der Waals surface area contributed by atoms with E-state index in [0.717, 1.165) is 24.8 Å². The van der Waals surface area contributed by atoms with Gasteiger partial charge in [-0.25, -0.2) is 4.79 Å². The zero-order chi connectivity index (χ0) is 22.6. The van der Waals surface area contributed by atoms with E-state index in [9.17, 15) is 4.79 Å². The van der Waals surface area contributed by atoms with Crippen LogP contribution in [-0.4, -0.2) is 21.0 Å². The van der Waals surface area contributed by atoms with Crippen molar-refractivity contribution in [3.63, 3.8) is 0 Å². The Balaban J connectivity index is 0.000000182. The molecule has 4 nitrogen and oxygen atoms in total. The van der Waals surface area contributed by atoms with Gasteiger partial charge in [-0.2, -0.15) is 0 Å². The van der Waals surface area contributed by atoms with Crippen LogP contribution in [0.4, 0.5) is 0 Å². The van der Waals surface area contributed by atoms with Crippen LogP contribution in [0.15, 0.2) is 97.6 Å². The quantitative estimate of drug-likeness (QED) is 0.411. The first-order valence-corrected chi connectivity index (χ1v) is 10.8. The van der Waals surface area contributed by atoms with Crippen molar-refractivity contribution in [1.29, 1.82) is 0 Å². The summed E-state index contributed by atoms with van der Waals surface area (Å²) < 4.78 is 0. The molecule has 0 spiro atoms. The molecule has 0 radical (unpaired) electrons. The topological polar surface area (TPSA) is 63.1 Å². The monoisotopic (exact) mass is 424 g/mol. The Morgan fingerprint density at radius 2 is 1.19 bits per heavy atom. The van der Waals surface area contributed by atoms with Gasteiger partial charge >= 0.3 is 5.97 Å². The van der Waals surface area contributed by atoms with E-state index in [-0.39, 0.29) is 0 Å². The maximum Gasteiger partial charge on any atom is 0.336 e. The Hall–Kier alpha value is -3.79. The van der Waals surface area contributed by atoms with Crippen molar-refractivity contribution in [1.82, 2.24) is 9.97 Å². The van der Waals surface area contributed by atoms with E-state index in [1.54, 1.807) is 12.3 Å². The molecule has 0 unspecified atom stereocenters. The average Bonchev–Trinajstić information content (AvgIpc) is 2.84. The molecule has 0 amide bonds. The SMILES string of the molecule is Cc1ccncc1CCc1ccccc1.O=C(O)c1ccncc1CCc1ccccc1. The van der Waals surface area contributed by atoms with E-state index in [1.807, 2.05) is 42.7 Å². The predicted octanol–water partition coefficient (Wildman–Crippen LogP) is 5.74. The molecule has 0 aliphatic heterocycles. The lowest BCUT2D eigenvalue weighted by Crippen LogP contribution is -2.04. The smallest absolute Gasteiger partial charge is 0.336 e. The van der Waals surface area contributed by atoms with Crippen molar-refractivity contribution < 1.29 is 9.90 Å². The van der Waals surface area contributed by atoms with Crippen LogP contribution >= 0.6 is 0 Å². The van der Waals surface area contributed by atoms with Crippen LogP contribution in [-0.2, 0) is 25.7 Å². The molecular weight excluding hydrogens is 396 g/mol. The number of carboxylic acid groups (broad SMARTS) is 1. The second kappa shape index (κ2) is 12.2. The lowest BCUT2D eigenvalue weighted by Gasteiger charge is -2.05. The third kappa shape index (κ3) is 7.17. The Morgan fingerprint density at radius 3 is 1.72 bits per heavy atom. The predicted molar refractivity (Wildman–Crippen MR) is 128 cm³/mol. The van der Waals surface area contributed by atoms with Crippen LogP contribution in [0.2, 0.25) is 0 Å². The summed E-state index contributed by atoms with van der Waals surface area (Å²) in [5, 5.41) is 9.04. The molecule has 1 N–H and O–H groups in total. The molecule has 0 bridgehead atoms. The fraction of sp³-hybridized carbons (Fsp3) is 0.179. The lowest BCUT2D eigenvalue weighted by molar-refractivity contribution is 0.0695. The fourth-order valence-corrected chi connectivity index (χ4v) is 3.44. The normalized spacial score (nSPS) is 10.2. The van der Waals surface area contributed by atoms with Gasteiger partial charge in [-0.05, 0) is 72.6 Å². The number of aromatic carboxylic acids is 1. The molecule has 0 saturated heterocycles. The zero-order valence-electron chi connectivity index (χ0n) is 18.3. The third-order valence-electron chi connectivity index (χ3n) is 5.33. The maximum absolute atomic E-state index is 11.0. The summed E-state index contributed by atoms with van der Waals surface area (Å²) in [5.41, 5.74) is 6.40. The van der Waals surface area contributed by atoms with Gasteiger partial charge in [0, 0.05) is 24.8 Å². The Labute approximate surface area is 189 Å². The van der Waals surface area contributed by atoms with Gasteiger partial charge in [0.25, 0.3) is 0 Å². The van der Waals surface area contributed by atoms with E-state index in [0.29, 0.717) is 12.0 Å². The van der Waals surface area contributed by atoms with Crippen LogP contribution in [0.3, 0.4) is 0 Å². The number of rotatable bonds is 7. The van der Waals surface area contributed by atoms with Crippen molar-refractivity contribution in [2.45, 2.75) is 32.6 Å².